The van der Waals surface area contributed by atoms with E-state index < -0.39 is 17.6 Å². The van der Waals surface area contributed by atoms with Crippen molar-refractivity contribution in [1.82, 2.24) is 10.1 Å². The van der Waals surface area contributed by atoms with Crippen LogP contribution >= 0.6 is 0 Å². The van der Waals surface area contributed by atoms with Crippen molar-refractivity contribution in [3.05, 3.63) is 53.9 Å². The molecule has 0 aliphatic carbocycles. The summed E-state index contributed by atoms with van der Waals surface area (Å²) in [6.07, 6.45) is 0.0658. The zero-order valence-electron chi connectivity index (χ0n) is 15.7. The number of methoxy groups -OCH3 is 2. The van der Waals surface area contributed by atoms with Crippen LogP contribution in [-0.4, -0.2) is 36.8 Å². The first-order valence-corrected chi connectivity index (χ1v) is 8.81. The van der Waals surface area contributed by atoms with E-state index in [-0.39, 0.29) is 30.5 Å². The number of amides is 1. The van der Waals surface area contributed by atoms with Crippen LogP contribution in [0.15, 0.2) is 40.9 Å². The third kappa shape index (κ3) is 3.63. The molecule has 29 heavy (non-hydrogen) atoms. The largest absolute Gasteiger partial charge is 0.497 e. The molecule has 1 aliphatic rings. The second-order valence-corrected chi connectivity index (χ2v) is 6.56. The molecule has 0 saturated carbocycles. The number of anilines is 1. The van der Waals surface area contributed by atoms with Crippen molar-refractivity contribution >= 4 is 11.6 Å². The van der Waals surface area contributed by atoms with E-state index in [2.05, 4.69) is 10.1 Å². The Kier molecular flexibility index (Phi) is 4.87. The van der Waals surface area contributed by atoms with Gasteiger partial charge in [-0.05, 0) is 24.3 Å². The van der Waals surface area contributed by atoms with Crippen LogP contribution in [-0.2, 0) is 4.79 Å². The molecular weight excluding hydrogens is 384 g/mol. The molecule has 1 saturated heterocycles. The summed E-state index contributed by atoms with van der Waals surface area (Å²) in [4.78, 5) is 18.0. The number of halogens is 2. The molecule has 1 fully saturated rings. The van der Waals surface area contributed by atoms with Gasteiger partial charge in [0.2, 0.25) is 5.91 Å². The van der Waals surface area contributed by atoms with Gasteiger partial charge in [-0.2, -0.15) is 4.98 Å². The fourth-order valence-electron chi connectivity index (χ4n) is 3.25. The average molecular weight is 401 g/mol. The van der Waals surface area contributed by atoms with Crippen molar-refractivity contribution in [1.29, 1.82) is 0 Å². The van der Waals surface area contributed by atoms with E-state index in [0.29, 0.717) is 22.9 Å². The molecule has 7 nitrogen and oxygen atoms in total. The second kappa shape index (κ2) is 7.50. The maximum Gasteiger partial charge on any atom is 0.258 e. The minimum Gasteiger partial charge on any atom is -0.497 e. The van der Waals surface area contributed by atoms with Gasteiger partial charge < -0.3 is 18.9 Å². The number of rotatable bonds is 5. The fourth-order valence-corrected chi connectivity index (χ4v) is 3.25. The summed E-state index contributed by atoms with van der Waals surface area (Å²) in [5.41, 5.74) is 0.496. The van der Waals surface area contributed by atoms with Crippen molar-refractivity contribution in [3.63, 3.8) is 0 Å². The molecule has 1 amide bonds. The minimum atomic E-state index is -0.669. The molecule has 1 aliphatic heterocycles. The first-order chi connectivity index (χ1) is 14.0. The lowest BCUT2D eigenvalue weighted by Gasteiger charge is -2.16. The van der Waals surface area contributed by atoms with Gasteiger partial charge in [-0.25, -0.2) is 8.78 Å². The number of benzene rings is 2. The van der Waals surface area contributed by atoms with Crippen LogP contribution in [0.4, 0.5) is 14.5 Å². The molecule has 0 radical (unpaired) electrons. The Hall–Kier alpha value is -3.49. The number of aromatic nitrogens is 2. The fraction of sp³-hybridized carbons (Fsp3) is 0.250. The Morgan fingerprint density at radius 1 is 1.10 bits per heavy atom. The van der Waals surface area contributed by atoms with Crippen LogP contribution in [0.25, 0.3) is 11.5 Å². The first-order valence-electron chi connectivity index (χ1n) is 8.81. The van der Waals surface area contributed by atoms with Crippen LogP contribution in [0.3, 0.4) is 0 Å². The smallest absolute Gasteiger partial charge is 0.258 e. The van der Waals surface area contributed by atoms with Gasteiger partial charge in [-0.1, -0.05) is 5.16 Å². The van der Waals surface area contributed by atoms with Crippen molar-refractivity contribution in [2.24, 2.45) is 0 Å². The number of ether oxygens (including phenoxy) is 2. The van der Waals surface area contributed by atoms with E-state index in [9.17, 15) is 13.6 Å². The molecule has 1 aromatic heterocycles. The SMILES string of the molecule is COc1cc(OC)cc(-c2nc(C3CC(=O)N(c4cc(F)ccc4F)C3)no2)c1. The zero-order chi connectivity index (χ0) is 20.5. The van der Waals surface area contributed by atoms with Gasteiger partial charge in [0, 0.05) is 36.6 Å². The van der Waals surface area contributed by atoms with Crippen LogP contribution in [0, 0.1) is 11.6 Å². The van der Waals surface area contributed by atoms with Crippen molar-refractivity contribution in [3.8, 4) is 23.0 Å². The monoisotopic (exact) mass is 401 g/mol. The summed E-state index contributed by atoms with van der Waals surface area (Å²) < 4.78 is 43.4. The highest BCUT2D eigenvalue weighted by Crippen LogP contribution is 2.34. The Morgan fingerprint density at radius 2 is 1.83 bits per heavy atom. The summed E-state index contributed by atoms with van der Waals surface area (Å²) >= 11 is 0. The van der Waals surface area contributed by atoms with Crippen LogP contribution in [0.5, 0.6) is 11.5 Å². The maximum absolute atomic E-state index is 14.1. The molecule has 3 aromatic rings. The van der Waals surface area contributed by atoms with E-state index in [1.165, 1.54) is 19.1 Å². The normalized spacial score (nSPS) is 16.3. The molecule has 1 atom stereocenters. The lowest BCUT2D eigenvalue weighted by atomic mass is 10.1. The maximum atomic E-state index is 14.1. The van der Waals surface area contributed by atoms with Gasteiger partial charge in [-0.3, -0.25) is 4.79 Å². The zero-order valence-corrected chi connectivity index (χ0v) is 15.7. The van der Waals surface area contributed by atoms with Crippen molar-refractivity contribution in [2.75, 3.05) is 25.7 Å². The van der Waals surface area contributed by atoms with Gasteiger partial charge in [0.05, 0.1) is 19.9 Å². The highest BCUT2D eigenvalue weighted by molar-refractivity contribution is 5.96. The Bertz CT molecular complexity index is 1050. The molecule has 150 valence electrons. The summed E-state index contributed by atoms with van der Waals surface area (Å²) in [5.74, 6) is -0.367. The highest BCUT2D eigenvalue weighted by atomic mass is 19.1. The summed E-state index contributed by atoms with van der Waals surface area (Å²) in [6.45, 7) is 0.125. The summed E-state index contributed by atoms with van der Waals surface area (Å²) in [5, 5.41) is 3.97. The third-order valence-electron chi connectivity index (χ3n) is 4.73. The molecule has 2 heterocycles. The molecule has 0 N–H and O–H groups in total. The highest BCUT2D eigenvalue weighted by Gasteiger charge is 2.36. The number of nitrogens with zero attached hydrogens (tertiary/aromatic N) is 3. The Morgan fingerprint density at radius 3 is 2.52 bits per heavy atom. The predicted octanol–water partition coefficient (Wildman–Crippen LogP) is 3.55. The molecule has 0 bridgehead atoms. The molecule has 0 spiro atoms. The minimum absolute atomic E-state index is 0.0658. The number of hydrogen-bond donors (Lipinski definition) is 0. The van der Waals surface area contributed by atoms with Crippen LogP contribution in [0.1, 0.15) is 18.2 Å². The number of carbonyl (C=O) groups is 1. The van der Waals surface area contributed by atoms with Crippen LogP contribution < -0.4 is 14.4 Å². The molecule has 4 rings (SSSR count). The Balaban J connectivity index is 1.59. The second-order valence-electron chi connectivity index (χ2n) is 6.56. The molecule has 2 aromatic carbocycles. The molecular formula is C20H17F2N3O4. The third-order valence-corrected chi connectivity index (χ3v) is 4.73. The molecule has 1 unspecified atom stereocenters. The van der Waals surface area contributed by atoms with Gasteiger partial charge in [0.1, 0.15) is 23.1 Å². The summed E-state index contributed by atoms with van der Waals surface area (Å²) in [6, 6.07) is 8.14. The van der Waals surface area contributed by atoms with Crippen molar-refractivity contribution in [2.45, 2.75) is 12.3 Å². The van der Waals surface area contributed by atoms with Gasteiger partial charge in [0.25, 0.3) is 5.89 Å². The topological polar surface area (TPSA) is 77.7 Å². The number of hydrogen-bond acceptors (Lipinski definition) is 6. The number of carbonyl (C=O) groups excluding carboxylic acids is 1. The van der Waals surface area contributed by atoms with E-state index in [0.717, 1.165) is 18.2 Å². The van der Waals surface area contributed by atoms with E-state index in [1.54, 1.807) is 18.2 Å². The van der Waals surface area contributed by atoms with E-state index in [1.807, 2.05) is 0 Å². The van der Waals surface area contributed by atoms with Gasteiger partial charge in [0.15, 0.2) is 5.82 Å². The van der Waals surface area contributed by atoms with Gasteiger partial charge in [-0.15, -0.1) is 0 Å². The predicted molar refractivity (Wildman–Crippen MR) is 98.9 cm³/mol. The lowest BCUT2D eigenvalue weighted by Crippen LogP contribution is -2.25. The van der Waals surface area contributed by atoms with Crippen molar-refractivity contribution < 1.29 is 27.6 Å². The lowest BCUT2D eigenvalue weighted by molar-refractivity contribution is -0.117. The first kappa shape index (κ1) is 18.9. The summed E-state index contributed by atoms with van der Waals surface area (Å²) in [7, 11) is 3.06. The molecule has 9 heteroatoms. The van der Waals surface area contributed by atoms with E-state index >= 15 is 0 Å². The van der Waals surface area contributed by atoms with Gasteiger partial charge >= 0.3 is 0 Å². The van der Waals surface area contributed by atoms with Crippen LogP contribution in [0.2, 0.25) is 0 Å². The van der Waals surface area contributed by atoms with E-state index in [4.69, 9.17) is 14.0 Å². The Labute approximate surface area is 164 Å². The standard InChI is InChI=1S/C20H17F2N3O4/c1-27-14-5-11(6-15(9-14)28-2)20-23-19(24-29-20)12-7-18(26)25(10-12)17-8-13(21)3-4-16(17)22/h3-6,8-9,12H,7,10H2,1-2H3. The quantitative estimate of drug-likeness (QED) is 0.651. The average Bonchev–Trinajstić information content (AvgIpc) is 3.36.